The molecule has 0 aliphatic carbocycles. The summed E-state index contributed by atoms with van der Waals surface area (Å²) in [7, 11) is 0. The number of rotatable bonds is 4. The minimum Gasteiger partial charge on any atom is -0.349 e. The Kier molecular flexibility index (Phi) is 5.51. The summed E-state index contributed by atoms with van der Waals surface area (Å²) in [5.74, 6) is -1.19. The summed E-state index contributed by atoms with van der Waals surface area (Å²) in [5.41, 5.74) is 0.429. The van der Waals surface area contributed by atoms with Crippen LogP contribution in [-0.4, -0.2) is 34.9 Å². The molecule has 2 aromatic rings. The zero-order valence-corrected chi connectivity index (χ0v) is 16.9. The average molecular weight is 394 g/mol. The van der Waals surface area contributed by atoms with Gasteiger partial charge in [0.15, 0.2) is 5.13 Å². The van der Waals surface area contributed by atoms with E-state index in [2.05, 4.69) is 10.3 Å². The first-order valence-electron chi connectivity index (χ1n) is 9.15. The standard InChI is InChI=1S/C20H25F2N3OS/c1-12-16(14-8-7-13(21)11-15(14)22)23-19(27-12)24-17(20(2,3)4)18(26)25-9-5-6-10-25/h7-8,11,17H,5-6,9-10H2,1-4H3,(H,23,24)/t17-/m1/s1. The van der Waals surface area contributed by atoms with Crippen LogP contribution in [0, 0.1) is 24.0 Å². The Balaban J connectivity index is 1.88. The molecule has 0 bridgehead atoms. The molecule has 0 spiro atoms. The Morgan fingerprint density at radius 1 is 1.26 bits per heavy atom. The molecule has 0 saturated carbocycles. The van der Waals surface area contributed by atoms with E-state index < -0.39 is 17.7 Å². The largest absolute Gasteiger partial charge is 0.349 e. The van der Waals surface area contributed by atoms with Gasteiger partial charge in [-0.2, -0.15) is 0 Å². The average Bonchev–Trinajstić information content (AvgIpc) is 3.21. The predicted octanol–water partition coefficient (Wildman–Crippen LogP) is 4.85. The lowest BCUT2D eigenvalue weighted by molar-refractivity contribution is -0.133. The lowest BCUT2D eigenvalue weighted by Crippen LogP contribution is -2.48. The molecule has 1 aliphatic rings. The number of likely N-dealkylation sites (tertiary alicyclic amines) is 1. The number of carbonyl (C=O) groups excluding carboxylic acids is 1. The summed E-state index contributed by atoms with van der Waals surface area (Å²) >= 11 is 1.37. The van der Waals surface area contributed by atoms with Gasteiger partial charge in [-0.3, -0.25) is 4.79 Å². The first kappa shape index (κ1) is 19.7. The fourth-order valence-corrected chi connectivity index (χ4v) is 4.14. The van der Waals surface area contributed by atoms with Crippen LogP contribution in [0.25, 0.3) is 11.3 Å². The number of anilines is 1. The number of hydrogen-bond acceptors (Lipinski definition) is 4. The number of nitrogens with one attached hydrogen (secondary N) is 1. The minimum atomic E-state index is -0.643. The number of amides is 1. The Bertz CT molecular complexity index is 838. The molecule has 146 valence electrons. The van der Waals surface area contributed by atoms with E-state index in [0.717, 1.165) is 36.9 Å². The van der Waals surface area contributed by atoms with Crippen molar-refractivity contribution in [2.45, 2.75) is 46.6 Å². The van der Waals surface area contributed by atoms with E-state index in [1.54, 1.807) is 0 Å². The van der Waals surface area contributed by atoms with Gasteiger partial charge in [-0.25, -0.2) is 13.8 Å². The zero-order valence-electron chi connectivity index (χ0n) is 16.1. The van der Waals surface area contributed by atoms with Gasteiger partial charge in [0.1, 0.15) is 17.7 Å². The van der Waals surface area contributed by atoms with Gasteiger partial charge in [0.05, 0.1) is 5.69 Å². The van der Waals surface area contributed by atoms with Crippen molar-refractivity contribution in [1.82, 2.24) is 9.88 Å². The monoisotopic (exact) mass is 393 g/mol. The number of nitrogens with zero attached hydrogens (tertiary/aromatic N) is 2. The van der Waals surface area contributed by atoms with E-state index in [-0.39, 0.29) is 16.9 Å². The van der Waals surface area contributed by atoms with Crippen LogP contribution >= 0.6 is 11.3 Å². The van der Waals surface area contributed by atoms with Gasteiger partial charge in [-0.1, -0.05) is 20.8 Å². The van der Waals surface area contributed by atoms with Crippen molar-refractivity contribution >= 4 is 22.4 Å². The van der Waals surface area contributed by atoms with E-state index in [0.29, 0.717) is 10.8 Å². The molecule has 1 atom stereocenters. The third-order valence-corrected chi connectivity index (χ3v) is 5.68. The Labute approximate surface area is 162 Å². The summed E-state index contributed by atoms with van der Waals surface area (Å²) in [6, 6.07) is 3.05. The van der Waals surface area contributed by atoms with Crippen LogP contribution < -0.4 is 5.32 Å². The maximum Gasteiger partial charge on any atom is 0.245 e. The Morgan fingerprint density at radius 3 is 2.52 bits per heavy atom. The summed E-state index contributed by atoms with van der Waals surface area (Å²) in [6.07, 6.45) is 2.07. The first-order valence-corrected chi connectivity index (χ1v) is 9.96. The van der Waals surface area contributed by atoms with E-state index in [1.807, 2.05) is 32.6 Å². The fourth-order valence-electron chi connectivity index (χ4n) is 3.28. The topological polar surface area (TPSA) is 45.2 Å². The van der Waals surface area contributed by atoms with E-state index in [4.69, 9.17) is 0 Å². The molecule has 1 N–H and O–H groups in total. The molecule has 2 heterocycles. The molecule has 27 heavy (non-hydrogen) atoms. The Morgan fingerprint density at radius 2 is 1.93 bits per heavy atom. The zero-order chi connectivity index (χ0) is 19.8. The molecule has 0 unspecified atom stereocenters. The van der Waals surface area contributed by atoms with Crippen LogP contribution in [0.15, 0.2) is 18.2 Å². The van der Waals surface area contributed by atoms with Gasteiger partial charge < -0.3 is 10.2 Å². The van der Waals surface area contributed by atoms with Gasteiger partial charge in [0.2, 0.25) is 5.91 Å². The third-order valence-electron chi connectivity index (χ3n) is 4.78. The second-order valence-electron chi connectivity index (χ2n) is 8.02. The van der Waals surface area contributed by atoms with E-state index in [1.165, 1.54) is 23.5 Å². The smallest absolute Gasteiger partial charge is 0.245 e. The highest BCUT2D eigenvalue weighted by atomic mass is 32.1. The van der Waals surface area contributed by atoms with Crippen molar-refractivity contribution in [3.63, 3.8) is 0 Å². The molecule has 3 rings (SSSR count). The maximum atomic E-state index is 14.2. The molecule has 1 aromatic carbocycles. The van der Waals surface area contributed by atoms with Crippen LogP contribution in [0.1, 0.15) is 38.5 Å². The summed E-state index contributed by atoms with van der Waals surface area (Å²) < 4.78 is 27.3. The second kappa shape index (κ2) is 7.54. The van der Waals surface area contributed by atoms with Crippen molar-refractivity contribution in [2.75, 3.05) is 18.4 Å². The number of halogens is 2. The molecule has 7 heteroatoms. The van der Waals surface area contributed by atoms with Crippen LogP contribution in [0.5, 0.6) is 0 Å². The van der Waals surface area contributed by atoms with Gasteiger partial charge in [-0.15, -0.1) is 11.3 Å². The number of benzene rings is 1. The van der Waals surface area contributed by atoms with Gasteiger partial charge >= 0.3 is 0 Å². The molecule has 1 amide bonds. The minimum absolute atomic E-state index is 0.0716. The summed E-state index contributed by atoms with van der Waals surface area (Å²) in [6.45, 7) is 9.46. The summed E-state index contributed by atoms with van der Waals surface area (Å²) in [4.78, 5) is 20.2. The number of carbonyl (C=O) groups is 1. The first-order chi connectivity index (χ1) is 12.7. The second-order valence-corrected chi connectivity index (χ2v) is 9.23. The molecule has 0 radical (unpaired) electrons. The number of aryl methyl sites for hydroxylation is 1. The SMILES string of the molecule is Cc1sc(N[C@H](C(=O)N2CCCC2)C(C)(C)C)nc1-c1ccc(F)cc1F. The van der Waals surface area contributed by atoms with Crippen molar-refractivity contribution in [3.8, 4) is 11.3 Å². The highest BCUT2D eigenvalue weighted by Crippen LogP contribution is 2.34. The predicted molar refractivity (Wildman–Crippen MR) is 105 cm³/mol. The van der Waals surface area contributed by atoms with Gasteiger partial charge in [0, 0.05) is 29.6 Å². The van der Waals surface area contributed by atoms with E-state index in [9.17, 15) is 13.6 Å². The van der Waals surface area contributed by atoms with Crippen molar-refractivity contribution < 1.29 is 13.6 Å². The van der Waals surface area contributed by atoms with Crippen LogP contribution in [-0.2, 0) is 4.79 Å². The molecule has 1 aliphatic heterocycles. The van der Waals surface area contributed by atoms with Gasteiger partial charge in [-0.05, 0) is 37.3 Å². The van der Waals surface area contributed by atoms with Crippen molar-refractivity contribution in [2.24, 2.45) is 5.41 Å². The number of hydrogen-bond donors (Lipinski definition) is 1. The Hall–Kier alpha value is -2.02. The number of thiazole rings is 1. The normalized spacial score (nSPS) is 15.9. The highest BCUT2D eigenvalue weighted by Gasteiger charge is 2.36. The quantitative estimate of drug-likeness (QED) is 0.808. The highest BCUT2D eigenvalue weighted by molar-refractivity contribution is 7.16. The van der Waals surface area contributed by atoms with Crippen LogP contribution in [0.2, 0.25) is 0 Å². The van der Waals surface area contributed by atoms with Crippen molar-refractivity contribution in [3.05, 3.63) is 34.7 Å². The molecular formula is C20H25F2N3OS. The lowest BCUT2D eigenvalue weighted by Gasteiger charge is -2.33. The lowest BCUT2D eigenvalue weighted by atomic mass is 9.86. The molecule has 1 aromatic heterocycles. The molecule has 1 saturated heterocycles. The third kappa shape index (κ3) is 4.29. The molecule has 1 fully saturated rings. The maximum absolute atomic E-state index is 14.2. The number of aromatic nitrogens is 1. The molecule has 4 nitrogen and oxygen atoms in total. The van der Waals surface area contributed by atoms with Crippen LogP contribution in [0.4, 0.5) is 13.9 Å². The summed E-state index contributed by atoms with van der Waals surface area (Å²) in [5, 5.41) is 3.85. The molecular weight excluding hydrogens is 368 g/mol. The van der Waals surface area contributed by atoms with Gasteiger partial charge in [0.25, 0.3) is 0 Å². The van der Waals surface area contributed by atoms with Crippen LogP contribution in [0.3, 0.4) is 0 Å². The van der Waals surface area contributed by atoms with E-state index >= 15 is 0 Å². The van der Waals surface area contributed by atoms with Crippen molar-refractivity contribution in [1.29, 1.82) is 0 Å². The fraction of sp³-hybridized carbons (Fsp3) is 0.500.